The fourth-order valence-corrected chi connectivity index (χ4v) is 2.52. The van der Waals surface area contributed by atoms with Crippen LogP contribution in [0.4, 0.5) is 0 Å². The standard InChI is InChI=1S/C13H29N3/c1-4-7-15-13(11-14)5-8-16(9-6-13)10-12(2)3/h12,15H,4-11,14H2,1-3H3. The third-order valence-corrected chi connectivity index (χ3v) is 3.58. The molecule has 0 amide bonds. The Bertz CT molecular complexity index is 184. The molecule has 0 aromatic rings. The molecule has 0 saturated carbocycles. The average molecular weight is 227 g/mol. The van der Waals surface area contributed by atoms with E-state index in [4.69, 9.17) is 5.73 Å². The Labute approximate surface area is 101 Å². The second-order valence-electron chi connectivity index (χ2n) is 5.61. The summed E-state index contributed by atoms with van der Waals surface area (Å²) in [6.45, 7) is 12.3. The van der Waals surface area contributed by atoms with E-state index < -0.39 is 0 Å². The van der Waals surface area contributed by atoms with Gasteiger partial charge < -0.3 is 16.0 Å². The number of likely N-dealkylation sites (tertiary alicyclic amines) is 1. The molecule has 0 aliphatic carbocycles. The number of hydrogen-bond donors (Lipinski definition) is 2. The number of rotatable bonds is 6. The molecule has 1 aliphatic rings. The number of piperidine rings is 1. The Kier molecular flexibility index (Phi) is 5.73. The van der Waals surface area contributed by atoms with E-state index in [9.17, 15) is 0 Å². The van der Waals surface area contributed by atoms with Crippen LogP contribution in [0.2, 0.25) is 0 Å². The first-order chi connectivity index (χ1) is 7.62. The molecule has 16 heavy (non-hydrogen) atoms. The van der Waals surface area contributed by atoms with E-state index in [0.717, 1.165) is 19.0 Å². The van der Waals surface area contributed by atoms with Crippen molar-refractivity contribution >= 4 is 0 Å². The van der Waals surface area contributed by atoms with Gasteiger partial charge in [-0.15, -0.1) is 0 Å². The summed E-state index contributed by atoms with van der Waals surface area (Å²) in [6.07, 6.45) is 3.60. The van der Waals surface area contributed by atoms with Crippen LogP contribution in [0, 0.1) is 5.92 Å². The van der Waals surface area contributed by atoms with Crippen LogP contribution in [-0.4, -0.2) is 43.2 Å². The summed E-state index contributed by atoms with van der Waals surface area (Å²) in [4.78, 5) is 2.58. The lowest BCUT2D eigenvalue weighted by Crippen LogP contribution is -2.58. The van der Waals surface area contributed by atoms with E-state index in [2.05, 4.69) is 31.0 Å². The Morgan fingerprint density at radius 2 is 1.94 bits per heavy atom. The monoisotopic (exact) mass is 227 g/mol. The lowest BCUT2D eigenvalue weighted by molar-refractivity contribution is 0.128. The number of nitrogens with two attached hydrogens (primary N) is 1. The molecule has 1 rings (SSSR count). The number of nitrogens with zero attached hydrogens (tertiary/aromatic N) is 1. The van der Waals surface area contributed by atoms with Crippen LogP contribution in [0.25, 0.3) is 0 Å². The molecule has 3 nitrogen and oxygen atoms in total. The summed E-state index contributed by atoms with van der Waals surface area (Å²) >= 11 is 0. The summed E-state index contributed by atoms with van der Waals surface area (Å²) in [5.41, 5.74) is 6.17. The molecule has 3 heteroatoms. The predicted molar refractivity (Wildman–Crippen MR) is 70.6 cm³/mol. The Hall–Kier alpha value is -0.120. The van der Waals surface area contributed by atoms with Gasteiger partial charge in [0, 0.05) is 18.6 Å². The van der Waals surface area contributed by atoms with E-state index in [-0.39, 0.29) is 5.54 Å². The molecule has 1 heterocycles. The van der Waals surface area contributed by atoms with Gasteiger partial charge in [-0.2, -0.15) is 0 Å². The average Bonchev–Trinajstić information content (AvgIpc) is 2.28. The zero-order valence-corrected chi connectivity index (χ0v) is 11.3. The van der Waals surface area contributed by atoms with Crippen LogP contribution < -0.4 is 11.1 Å². The first-order valence-electron chi connectivity index (χ1n) is 6.79. The van der Waals surface area contributed by atoms with E-state index in [1.54, 1.807) is 0 Å². The minimum atomic E-state index is 0.226. The van der Waals surface area contributed by atoms with E-state index >= 15 is 0 Å². The van der Waals surface area contributed by atoms with Crippen molar-refractivity contribution < 1.29 is 0 Å². The van der Waals surface area contributed by atoms with E-state index in [1.807, 2.05) is 0 Å². The molecule has 0 radical (unpaired) electrons. The molecular formula is C13H29N3. The molecule has 0 aromatic heterocycles. The van der Waals surface area contributed by atoms with Gasteiger partial charge in [0.25, 0.3) is 0 Å². The van der Waals surface area contributed by atoms with Crippen molar-refractivity contribution in [3.05, 3.63) is 0 Å². The summed E-state index contributed by atoms with van der Waals surface area (Å²) < 4.78 is 0. The molecule has 0 spiro atoms. The quantitative estimate of drug-likeness (QED) is 0.721. The highest BCUT2D eigenvalue weighted by molar-refractivity contribution is 4.94. The van der Waals surface area contributed by atoms with Gasteiger partial charge in [-0.1, -0.05) is 20.8 Å². The maximum Gasteiger partial charge on any atom is 0.0328 e. The van der Waals surface area contributed by atoms with Gasteiger partial charge in [-0.3, -0.25) is 0 Å². The van der Waals surface area contributed by atoms with Crippen LogP contribution in [0.5, 0.6) is 0 Å². The molecule has 1 fully saturated rings. The molecule has 3 N–H and O–H groups in total. The van der Waals surface area contributed by atoms with Crippen LogP contribution in [0.1, 0.15) is 40.0 Å². The fourth-order valence-electron chi connectivity index (χ4n) is 2.52. The molecular weight excluding hydrogens is 198 g/mol. The molecule has 0 bridgehead atoms. The van der Waals surface area contributed by atoms with Crippen LogP contribution >= 0.6 is 0 Å². The van der Waals surface area contributed by atoms with Gasteiger partial charge in [0.1, 0.15) is 0 Å². The number of nitrogens with one attached hydrogen (secondary N) is 1. The zero-order chi connectivity index (χ0) is 12.0. The molecule has 0 atom stereocenters. The molecule has 1 saturated heterocycles. The van der Waals surface area contributed by atoms with Crippen molar-refractivity contribution in [2.75, 3.05) is 32.7 Å². The minimum absolute atomic E-state index is 0.226. The first kappa shape index (κ1) is 13.9. The van der Waals surface area contributed by atoms with Gasteiger partial charge >= 0.3 is 0 Å². The second-order valence-corrected chi connectivity index (χ2v) is 5.61. The number of hydrogen-bond acceptors (Lipinski definition) is 3. The van der Waals surface area contributed by atoms with Gasteiger partial charge in [0.15, 0.2) is 0 Å². The zero-order valence-electron chi connectivity index (χ0n) is 11.3. The summed E-state index contributed by atoms with van der Waals surface area (Å²) in [6, 6.07) is 0. The van der Waals surface area contributed by atoms with Crippen molar-refractivity contribution in [3.63, 3.8) is 0 Å². The topological polar surface area (TPSA) is 41.3 Å². The van der Waals surface area contributed by atoms with Crippen molar-refractivity contribution in [2.24, 2.45) is 11.7 Å². The highest BCUT2D eigenvalue weighted by atomic mass is 15.2. The molecule has 0 aromatic carbocycles. The van der Waals surface area contributed by atoms with Crippen LogP contribution in [0.15, 0.2) is 0 Å². The van der Waals surface area contributed by atoms with Gasteiger partial charge in [-0.25, -0.2) is 0 Å². The van der Waals surface area contributed by atoms with Crippen molar-refractivity contribution in [1.82, 2.24) is 10.2 Å². The Morgan fingerprint density at radius 1 is 1.31 bits per heavy atom. The van der Waals surface area contributed by atoms with Crippen LogP contribution in [-0.2, 0) is 0 Å². The maximum atomic E-state index is 5.94. The lowest BCUT2D eigenvalue weighted by atomic mass is 9.87. The Balaban J connectivity index is 2.37. The third-order valence-electron chi connectivity index (χ3n) is 3.58. The van der Waals surface area contributed by atoms with Crippen molar-refractivity contribution in [3.8, 4) is 0 Å². The fraction of sp³-hybridized carbons (Fsp3) is 1.00. The summed E-state index contributed by atoms with van der Waals surface area (Å²) in [7, 11) is 0. The molecule has 0 unspecified atom stereocenters. The Morgan fingerprint density at radius 3 is 2.38 bits per heavy atom. The largest absolute Gasteiger partial charge is 0.329 e. The summed E-state index contributed by atoms with van der Waals surface area (Å²) in [5, 5.41) is 3.66. The maximum absolute atomic E-state index is 5.94. The first-order valence-corrected chi connectivity index (χ1v) is 6.79. The summed E-state index contributed by atoms with van der Waals surface area (Å²) in [5.74, 6) is 0.772. The van der Waals surface area contributed by atoms with Crippen LogP contribution in [0.3, 0.4) is 0 Å². The van der Waals surface area contributed by atoms with Gasteiger partial charge in [-0.05, 0) is 44.8 Å². The lowest BCUT2D eigenvalue weighted by Gasteiger charge is -2.42. The highest BCUT2D eigenvalue weighted by Crippen LogP contribution is 2.21. The van der Waals surface area contributed by atoms with Gasteiger partial charge in [0.05, 0.1) is 0 Å². The van der Waals surface area contributed by atoms with E-state index in [1.165, 1.54) is 38.9 Å². The SMILES string of the molecule is CCCNC1(CN)CCN(CC(C)C)CC1. The minimum Gasteiger partial charge on any atom is -0.329 e. The molecule has 96 valence electrons. The third kappa shape index (κ3) is 4.04. The van der Waals surface area contributed by atoms with Gasteiger partial charge in [0.2, 0.25) is 0 Å². The normalized spacial score (nSPS) is 21.6. The second kappa shape index (κ2) is 6.58. The predicted octanol–water partition coefficient (Wildman–Crippen LogP) is 1.44. The van der Waals surface area contributed by atoms with Crippen molar-refractivity contribution in [1.29, 1.82) is 0 Å². The van der Waals surface area contributed by atoms with Crippen molar-refractivity contribution in [2.45, 2.75) is 45.6 Å². The molecule has 1 aliphatic heterocycles. The highest BCUT2D eigenvalue weighted by Gasteiger charge is 2.32. The smallest absolute Gasteiger partial charge is 0.0328 e. The van der Waals surface area contributed by atoms with E-state index in [0.29, 0.717) is 0 Å².